The van der Waals surface area contributed by atoms with Gasteiger partial charge in [0.1, 0.15) is 10.9 Å². The first-order valence-electron chi connectivity index (χ1n) is 5.48. The van der Waals surface area contributed by atoms with E-state index in [0.717, 1.165) is 0 Å². The fourth-order valence-electron chi connectivity index (χ4n) is 1.46. The van der Waals surface area contributed by atoms with Crippen molar-refractivity contribution in [2.45, 2.75) is 30.7 Å². The molecule has 0 amide bonds. The number of carboxylic acid groups (broad SMARTS) is 1. The Morgan fingerprint density at radius 1 is 1.42 bits per heavy atom. The van der Waals surface area contributed by atoms with E-state index < -0.39 is 22.0 Å². The molecule has 1 atom stereocenters. The lowest BCUT2D eigenvalue weighted by molar-refractivity contribution is -0.139. The molecule has 0 saturated heterocycles. The van der Waals surface area contributed by atoms with Crippen molar-refractivity contribution in [3.05, 3.63) is 28.2 Å². The zero-order valence-corrected chi connectivity index (χ0v) is 12.4. The second-order valence-electron chi connectivity index (χ2n) is 3.85. The minimum atomic E-state index is -4.03. The van der Waals surface area contributed by atoms with E-state index in [9.17, 15) is 13.2 Å². The van der Waals surface area contributed by atoms with Crippen LogP contribution in [0.1, 0.15) is 19.8 Å². The van der Waals surface area contributed by atoms with E-state index in [4.69, 9.17) is 28.3 Å². The average Bonchev–Trinajstić information content (AvgIpc) is 2.31. The fourth-order valence-corrected chi connectivity index (χ4v) is 3.45. The smallest absolute Gasteiger partial charge is 0.321 e. The van der Waals surface area contributed by atoms with E-state index in [2.05, 4.69) is 4.72 Å². The number of halogens is 2. The van der Waals surface area contributed by atoms with Crippen molar-refractivity contribution in [3.8, 4) is 0 Å². The minimum Gasteiger partial charge on any atom is -0.480 e. The lowest BCUT2D eigenvalue weighted by Crippen LogP contribution is -2.40. The van der Waals surface area contributed by atoms with Crippen molar-refractivity contribution in [1.29, 1.82) is 0 Å². The molecule has 1 aromatic carbocycles. The van der Waals surface area contributed by atoms with Crippen molar-refractivity contribution in [2.75, 3.05) is 0 Å². The monoisotopic (exact) mass is 325 g/mol. The quantitative estimate of drug-likeness (QED) is 0.841. The molecule has 106 valence electrons. The molecule has 5 nitrogen and oxygen atoms in total. The van der Waals surface area contributed by atoms with E-state index in [1.807, 2.05) is 0 Å². The number of sulfonamides is 1. The average molecular weight is 326 g/mol. The molecule has 0 unspecified atom stereocenters. The van der Waals surface area contributed by atoms with Crippen molar-refractivity contribution in [2.24, 2.45) is 0 Å². The Morgan fingerprint density at radius 3 is 2.58 bits per heavy atom. The maximum absolute atomic E-state index is 12.1. The maximum Gasteiger partial charge on any atom is 0.321 e. The summed E-state index contributed by atoms with van der Waals surface area (Å²) in [5.41, 5.74) is 0. The molecule has 2 N–H and O–H groups in total. The van der Waals surface area contributed by atoms with Gasteiger partial charge in [0.2, 0.25) is 10.0 Å². The second kappa shape index (κ2) is 6.56. The Labute approximate surface area is 121 Å². The molecule has 0 aromatic heterocycles. The van der Waals surface area contributed by atoms with Gasteiger partial charge in [0, 0.05) is 0 Å². The summed E-state index contributed by atoms with van der Waals surface area (Å²) in [7, 11) is -4.03. The fraction of sp³-hybridized carbons (Fsp3) is 0.364. The summed E-state index contributed by atoms with van der Waals surface area (Å²) in [6.45, 7) is 1.76. The van der Waals surface area contributed by atoms with Gasteiger partial charge in [0.25, 0.3) is 0 Å². The predicted molar refractivity (Wildman–Crippen MR) is 73.1 cm³/mol. The Kier molecular flexibility index (Phi) is 5.61. The number of hydrogen-bond donors (Lipinski definition) is 2. The van der Waals surface area contributed by atoms with Crippen molar-refractivity contribution < 1.29 is 18.3 Å². The lowest BCUT2D eigenvalue weighted by atomic mass is 10.2. The van der Waals surface area contributed by atoms with E-state index in [-0.39, 0.29) is 21.4 Å². The zero-order chi connectivity index (χ0) is 14.6. The lowest BCUT2D eigenvalue weighted by Gasteiger charge is -2.14. The minimum absolute atomic E-state index is 0.0897. The molecule has 0 aliphatic rings. The highest BCUT2D eigenvalue weighted by Crippen LogP contribution is 2.28. The molecule has 8 heteroatoms. The Morgan fingerprint density at radius 2 is 2.05 bits per heavy atom. The highest BCUT2D eigenvalue weighted by atomic mass is 35.5. The van der Waals surface area contributed by atoms with E-state index in [1.54, 1.807) is 6.92 Å². The van der Waals surface area contributed by atoms with Crippen LogP contribution in [-0.2, 0) is 14.8 Å². The van der Waals surface area contributed by atoms with Gasteiger partial charge >= 0.3 is 5.97 Å². The molecule has 0 fully saturated rings. The van der Waals surface area contributed by atoms with Crippen molar-refractivity contribution in [3.63, 3.8) is 0 Å². The Hall–Kier alpha value is -0.820. The van der Waals surface area contributed by atoms with Crippen LogP contribution >= 0.6 is 23.2 Å². The van der Waals surface area contributed by atoms with E-state index in [1.165, 1.54) is 18.2 Å². The van der Waals surface area contributed by atoms with Crippen LogP contribution in [-0.4, -0.2) is 25.5 Å². The molecule has 0 aliphatic carbocycles. The normalized spacial score (nSPS) is 13.2. The molecule has 0 saturated carbocycles. The van der Waals surface area contributed by atoms with Gasteiger partial charge in [-0.25, -0.2) is 8.42 Å². The highest BCUT2D eigenvalue weighted by Gasteiger charge is 2.26. The molecular weight excluding hydrogens is 313 g/mol. The summed E-state index contributed by atoms with van der Waals surface area (Å²) in [4.78, 5) is 10.7. The molecule has 0 spiro atoms. The number of aliphatic carboxylic acids is 1. The van der Waals surface area contributed by atoms with Crippen LogP contribution in [0.3, 0.4) is 0 Å². The third-order valence-corrected chi connectivity index (χ3v) is 4.82. The summed E-state index contributed by atoms with van der Waals surface area (Å²) in [5, 5.41) is 8.91. The van der Waals surface area contributed by atoms with Gasteiger partial charge in [-0.3, -0.25) is 4.79 Å². The summed E-state index contributed by atoms with van der Waals surface area (Å²) < 4.78 is 26.3. The largest absolute Gasteiger partial charge is 0.480 e. The molecule has 0 aliphatic heterocycles. The highest BCUT2D eigenvalue weighted by molar-refractivity contribution is 7.89. The predicted octanol–water partition coefficient (Wildman–Crippen LogP) is 2.53. The van der Waals surface area contributed by atoms with Crippen LogP contribution in [0, 0.1) is 0 Å². The molecule has 1 rings (SSSR count). The van der Waals surface area contributed by atoms with Crippen molar-refractivity contribution >= 4 is 39.2 Å². The first-order chi connectivity index (χ1) is 8.79. The number of carbonyl (C=O) groups is 1. The summed E-state index contributed by atoms with van der Waals surface area (Å²) >= 11 is 11.6. The number of benzene rings is 1. The first-order valence-corrected chi connectivity index (χ1v) is 7.72. The summed E-state index contributed by atoms with van der Waals surface area (Å²) in [6, 6.07) is 2.95. The Bertz CT molecular complexity index is 574. The third-order valence-electron chi connectivity index (χ3n) is 2.38. The van der Waals surface area contributed by atoms with Crippen LogP contribution in [0.5, 0.6) is 0 Å². The van der Waals surface area contributed by atoms with E-state index >= 15 is 0 Å². The molecule has 1 aromatic rings. The van der Waals surface area contributed by atoms with Crippen LogP contribution in [0.2, 0.25) is 10.0 Å². The summed E-state index contributed by atoms with van der Waals surface area (Å²) in [6.07, 6.45) is 0.718. The Balaban J connectivity index is 3.10. The SMILES string of the molecule is CCC[C@@H](NS(=O)(=O)c1cccc(Cl)c1Cl)C(=O)O. The van der Waals surface area contributed by atoms with Crippen molar-refractivity contribution in [1.82, 2.24) is 4.72 Å². The van der Waals surface area contributed by atoms with E-state index in [0.29, 0.717) is 6.42 Å². The van der Waals surface area contributed by atoms with Gasteiger partial charge in [0.15, 0.2) is 0 Å². The number of rotatable bonds is 6. The van der Waals surface area contributed by atoms with Gasteiger partial charge in [-0.15, -0.1) is 0 Å². The van der Waals surface area contributed by atoms with Crippen LogP contribution < -0.4 is 4.72 Å². The molecule has 0 heterocycles. The van der Waals surface area contributed by atoms with Gasteiger partial charge in [-0.05, 0) is 18.6 Å². The molecule has 0 radical (unpaired) electrons. The van der Waals surface area contributed by atoms with Gasteiger partial charge < -0.3 is 5.11 Å². The van der Waals surface area contributed by atoms with Gasteiger partial charge in [0.05, 0.1) is 10.0 Å². The summed E-state index contributed by atoms with van der Waals surface area (Å²) in [5.74, 6) is -1.23. The number of hydrogen-bond acceptors (Lipinski definition) is 3. The van der Waals surface area contributed by atoms with Gasteiger partial charge in [-0.1, -0.05) is 42.6 Å². The molecule has 19 heavy (non-hydrogen) atoms. The number of nitrogens with one attached hydrogen (secondary N) is 1. The first kappa shape index (κ1) is 16.2. The van der Waals surface area contributed by atoms with Crippen LogP contribution in [0.25, 0.3) is 0 Å². The number of carboxylic acids is 1. The van der Waals surface area contributed by atoms with Crippen LogP contribution in [0.4, 0.5) is 0 Å². The molecule has 0 bridgehead atoms. The topological polar surface area (TPSA) is 83.5 Å². The zero-order valence-electron chi connectivity index (χ0n) is 10.1. The molecular formula is C11H13Cl2NO4S. The van der Waals surface area contributed by atoms with Gasteiger partial charge in [-0.2, -0.15) is 4.72 Å². The second-order valence-corrected chi connectivity index (χ2v) is 6.32. The third kappa shape index (κ3) is 4.07. The van der Waals surface area contributed by atoms with Crippen LogP contribution in [0.15, 0.2) is 23.1 Å². The maximum atomic E-state index is 12.1. The standard InChI is InChI=1S/C11H13Cl2NO4S/c1-2-4-8(11(15)16)14-19(17,18)9-6-3-5-7(12)10(9)13/h3,5-6,8,14H,2,4H2,1H3,(H,15,16)/t8-/m1/s1.